The Morgan fingerprint density at radius 3 is 2.05 bits per heavy atom. The van der Waals surface area contributed by atoms with Gasteiger partial charge in [0, 0.05) is 7.05 Å². The van der Waals surface area contributed by atoms with E-state index in [9.17, 15) is 25.3 Å². The molecule has 1 aromatic rings. The van der Waals surface area contributed by atoms with Crippen LogP contribution < -0.4 is 5.32 Å². The van der Waals surface area contributed by atoms with Crippen LogP contribution >= 0.6 is 0 Å². The third-order valence-corrected chi connectivity index (χ3v) is 5.97. The minimum atomic E-state index is -4.99. The fraction of sp³-hybridized carbons (Fsp3) is 0.333. The quantitative estimate of drug-likeness (QED) is 0.572. The van der Waals surface area contributed by atoms with Crippen molar-refractivity contribution in [2.75, 3.05) is 12.4 Å². The molecule has 0 fully saturated rings. The van der Waals surface area contributed by atoms with Crippen molar-refractivity contribution in [1.29, 1.82) is 0 Å². The van der Waals surface area contributed by atoms with Crippen LogP contribution in [0.3, 0.4) is 0 Å². The van der Waals surface area contributed by atoms with E-state index in [-0.39, 0.29) is 5.69 Å². The third-order valence-electron chi connectivity index (χ3n) is 2.52. The first-order valence-electron chi connectivity index (χ1n) is 5.48. The molecule has 0 bridgehead atoms. The number of sulfone groups is 1. The van der Waals surface area contributed by atoms with E-state index in [1.54, 1.807) is 0 Å². The molecule has 0 saturated heterocycles. The molecule has 0 aliphatic heterocycles. The Bertz CT molecular complexity index is 871. The molecule has 10 nitrogen and oxygen atoms in total. The summed E-state index contributed by atoms with van der Waals surface area (Å²) >= 11 is 0. The maximum absolute atomic E-state index is 12.1. The van der Waals surface area contributed by atoms with Crippen LogP contribution in [0.25, 0.3) is 0 Å². The molecule has 1 unspecified atom stereocenters. The van der Waals surface area contributed by atoms with E-state index in [2.05, 4.69) is 9.50 Å². The van der Waals surface area contributed by atoms with Crippen LogP contribution in [0.1, 0.15) is 6.92 Å². The lowest BCUT2D eigenvalue weighted by Crippen LogP contribution is -2.24. The Labute approximate surface area is 127 Å². The fourth-order valence-corrected chi connectivity index (χ4v) is 4.18. The van der Waals surface area contributed by atoms with Gasteiger partial charge in [0.1, 0.15) is 4.90 Å². The first-order chi connectivity index (χ1) is 9.79. The van der Waals surface area contributed by atoms with Gasteiger partial charge in [-0.2, -0.15) is 16.8 Å². The minimum absolute atomic E-state index is 0.220. The van der Waals surface area contributed by atoms with Crippen molar-refractivity contribution in [2.24, 2.45) is 0 Å². The van der Waals surface area contributed by atoms with E-state index in [1.807, 2.05) is 0 Å². The van der Waals surface area contributed by atoms with Crippen molar-refractivity contribution >= 4 is 36.0 Å². The van der Waals surface area contributed by atoms with Crippen molar-refractivity contribution in [3.05, 3.63) is 18.2 Å². The van der Waals surface area contributed by atoms with Crippen LogP contribution in [0.15, 0.2) is 28.0 Å². The molecular weight excluding hydrogens is 362 g/mol. The minimum Gasteiger partial charge on any atom is -0.387 e. The van der Waals surface area contributed by atoms with Gasteiger partial charge in [0.15, 0.2) is 5.44 Å². The van der Waals surface area contributed by atoms with Gasteiger partial charge in [0.2, 0.25) is 9.84 Å². The predicted molar refractivity (Wildman–Crippen MR) is 75.1 cm³/mol. The van der Waals surface area contributed by atoms with Crippen LogP contribution in [0.2, 0.25) is 0 Å². The highest BCUT2D eigenvalue weighted by molar-refractivity contribution is 7.92. The van der Waals surface area contributed by atoms with E-state index >= 15 is 0 Å². The first-order valence-corrected chi connectivity index (χ1v) is 9.83. The molecule has 1 aromatic carbocycles. The van der Waals surface area contributed by atoms with Gasteiger partial charge in [0.25, 0.3) is 10.1 Å². The summed E-state index contributed by atoms with van der Waals surface area (Å²) in [6.45, 7) is 0.874. The molecule has 0 amide bonds. The second-order valence-corrected chi connectivity index (χ2v) is 8.68. The van der Waals surface area contributed by atoms with Crippen LogP contribution in [0.4, 0.5) is 5.69 Å². The number of hydrogen-bond acceptors (Lipinski definition) is 8. The molecule has 0 radical (unpaired) electrons. The van der Waals surface area contributed by atoms with Gasteiger partial charge in [0.05, 0.1) is 10.6 Å². The second-order valence-electron chi connectivity index (χ2n) is 4.02. The van der Waals surface area contributed by atoms with Crippen LogP contribution in [-0.2, 0) is 34.5 Å². The zero-order valence-electron chi connectivity index (χ0n) is 11.3. The Morgan fingerprint density at radius 2 is 1.64 bits per heavy atom. The van der Waals surface area contributed by atoms with E-state index < -0.39 is 45.6 Å². The summed E-state index contributed by atoms with van der Waals surface area (Å²) < 4.78 is 89.1. The van der Waals surface area contributed by atoms with Crippen molar-refractivity contribution in [3.8, 4) is 0 Å². The largest absolute Gasteiger partial charge is 0.398 e. The van der Waals surface area contributed by atoms with Crippen LogP contribution in [-0.4, -0.2) is 46.8 Å². The molecule has 0 aliphatic carbocycles. The average Bonchev–Trinajstić information content (AvgIpc) is 2.34. The molecule has 22 heavy (non-hydrogen) atoms. The van der Waals surface area contributed by atoms with Crippen LogP contribution in [0.5, 0.6) is 0 Å². The molecule has 1 atom stereocenters. The average molecular weight is 375 g/mol. The van der Waals surface area contributed by atoms with E-state index in [0.717, 1.165) is 25.1 Å². The maximum atomic E-state index is 12.1. The summed E-state index contributed by atoms with van der Waals surface area (Å²) in [5, 5.41) is 2.39. The van der Waals surface area contributed by atoms with Crippen molar-refractivity contribution in [2.45, 2.75) is 22.2 Å². The summed E-state index contributed by atoms with van der Waals surface area (Å²) in [5.74, 6) is 0. The maximum Gasteiger partial charge on any atom is 0.398 e. The normalized spacial score (nSPS) is 14.5. The molecule has 0 aromatic heterocycles. The number of nitrogens with one attached hydrogen (secondary N) is 1. The summed E-state index contributed by atoms with van der Waals surface area (Å²) in [6.07, 6.45) is 0. The molecule has 126 valence electrons. The lowest BCUT2D eigenvalue weighted by Gasteiger charge is -2.14. The predicted octanol–water partition coefficient (Wildman–Crippen LogP) is -0.0859. The number of rotatable bonds is 6. The van der Waals surface area contributed by atoms with Crippen molar-refractivity contribution < 1.29 is 38.5 Å². The summed E-state index contributed by atoms with van der Waals surface area (Å²) in [5.41, 5.74) is -2.16. The molecule has 0 saturated carbocycles. The van der Waals surface area contributed by atoms with Gasteiger partial charge < -0.3 is 5.32 Å². The van der Waals surface area contributed by atoms with Crippen molar-refractivity contribution in [1.82, 2.24) is 0 Å². The highest BCUT2D eigenvalue weighted by Gasteiger charge is 2.29. The van der Waals surface area contributed by atoms with Gasteiger partial charge in [-0.3, -0.25) is 9.11 Å². The highest BCUT2D eigenvalue weighted by Crippen LogP contribution is 2.27. The zero-order valence-corrected chi connectivity index (χ0v) is 13.7. The van der Waals surface area contributed by atoms with Gasteiger partial charge in [-0.25, -0.2) is 12.6 Å². The Balaban J connectivity index is 3.39. The van der Waals surface area contributed by atoms with Gasteiger partial charge >= 0.3 is 10.4 Å². The van der Waals surface area contributed by atoms with E-state index in [1.165, 1.54) is 7.05 Å². The Kier molecular flexibility index (Phi) is 5.21. The Hall–Kier alpha value is -1.25. The third kappa shape index (κ3) is 4.37. The molecule has 1 rings (SSSR count). The fourth-order valence-electron chi connectivity index (χ4n) is 1.52. The first kappa shape index (κ1) is 18.8. The molecule has 3 N–H and O–H groups in total. The highest BCUT2D eigenvalue weighted by atomic mass is 32.3. The molecule has 0 aliphatic rings. The number of hydrogen-bond donors (Lipinski definition) is 3. The molecular formula is C9H13NO9S3. The smallest absolute Gasteiger partial charge is 0.387 e. The van der Waals surface area contributed by atoms with Gasteiger partial charge in [-0.1, -0.05) is 0 Å². The molecule has 0 heterocycles. The summed E-state index contributed by atoms with van der Waals surface area (Å²) in [4.78, 5) is -1.03. The van der Waals surface area contributed by atoms with E-state index in [4.69, 9.17) is 9.11 Å². The van der Waals surface area contributed by atoms with Crippen molar-refractivity contribution in [3.63, 3.8) is 0 Å². The van der Waals surface area contributed by atoms with Gasteiger partial charge in [-0.05, 0) is 25.1 Å². The topological polar surface area (TPSA) is 164 Å². The standard InChI is InChI=1S/C9H13NO9S3/c1-6(19-22(16,17)18)20(11,12)7-3-4-9(21(13,14)15)8(5-7)10-2/h3-6,10H,1-2H3,(H,13,14,15)(H,16,17,18). The molecule has 0 spiro atoms. The lowest BCUT2D eigenvalue weighted by molar-refractivity contribution is 0.251. The number of anilines is 1. The second kappa shape index (κ2) is 6.10. The zero-order chi connectivity index (χ0) is 17.3. The SMILES string of the molecule is CNc1cc(S(=O)(=O)C(C)OS(=O)(=O)O)ccc1S(=O)(=O)O. The summed E-state index contributed by atoms with van der Waals surface area (Å²) in [6, 6.07) is 2.56. The number of benzene rings is 1. The summed E-state index contributed by atoms with van der Waals surface area (Å²) in [7, 11) is -12.6. The monoisotopic (exact) mass is 375 g/mol. The Morgan fingerprint density at radius 1 is 1.09 bits per heavy atom. The lowest BCUT2D eigenvalue weighted by atomic mass is 10.3. The molecule has 13 heteroatoms. The van der Waals surface area contributed by atoms with Gasteiger partial charge in [-0.15, -0.1) is 0 Å². The van der Waals surface area contributed by atoms with Crippen LogP contribution in [0, 0.1) is 0 Å². The van der Waals surface area contributed by atoms with E-state index in [0.29, 0.717) is 0 Å².